The quantitative estimate of drug-likeness (QED) is 0.750. The number of carbonyl (C=O) groups is 1. The Bertz CT molecular complexity index is 822. The normalized spacial score (nSPS) is 10.4. The molecule has 0 aliphatic carbocycles. The summed E-state index contributed by atoms with van der Waals surface area (Å²) in [7, 11) is 0. The fraction of sp³-hybridized carbons (Fsp3) is 0.158. The molecule has 24 heavy (non-hydrogen) atoms. The summed E-state index contributed by atoms with van der Waals surface area (Å²) >= 11 is 0. The minimum absolute atomic E-state index is 0.0926. The molecule has 0 bridgehead atoms. The molecule has 3 rings (SSSR count). The predicted octanol–water partition coefficient (Wildman–Crippen LogP) is 3.88. The van der Waals surface area contributed by atoms with E-state index in [-0.39, 0.29) is 12.5 Å². The van der Waals surface area contributed by atoms with Crippen LogP contribution in [0.1, 0.15) is 11.4 Å². The van der Waals surface area contributed by atoms with Crippen molar-refractivity contribution in [3.8, 4) is 0 Å². The van der Waals surface area contributed by atoms with Crippen molar-refractivity contribution in [1.29, 1.82) is 0 Å². The number of para-hydroxylation sites is 1. The topological polar surface area (TPSA) is 59.0 Å². The van der Waals surface area contributed by atoms with Crippen LogP contribution in [0.25, 0.3) is 0 Å². The zero-order valence-electron chi connectivity index (χ0n) is 13.8. The minimum atomic E-state index is -0.0926. The van der Waals surface area contributed by atoms with E-state index in [1.165, 1.54) is 0 Å². The summed E-state index contributed by atoms with van der Waals surface area (Å²) in [6.45, 7) is 4.07. The molecule has 0 saturated carbocycles. The zero-order valence-corrected chi connectivity index (χ0v) is 13.8. The van der Waals surface area contributed by atoms with E-state index in [1.807, 2.05) is 74.5 Å². The van der Waals surface area contributed by atoms with E-state index < -0.39 is 0 Å². The van der Waals surface area contributed by atoms with Gasteiger partial charge in [-0.2, -0.15) is 5.10 Å². The largest absolute Gasteiger partial charge is 0.356 e. The molecule has 122 valence electrons. The molecule has 1 amide bonds. The van der Waals surface area contributed by atoms with Crippen molar-refractivity contribution in [2.24, 2.45) is 0 Å². The molecule has 0 fully saturated rings. The van der Waals surface area contributed by atoms with Crippen LogP contribution in [-0.2, 0) is 11.3 Å². The van der Waals surface area contributed by atoms with Crippen LogP contribution in [0, 0.1) is 13.8 Å². The lowest BCUT2D eigenvalue weighted by Crippen LogP contribution is -2.20. The van der Waals surface area contributed by atoms with E-state index in [0.29, 0.717) is 0 Å². The van der Waals surface area contributed by atoms with Gasteiger partial charge >= 0.3 is 0 Å². The molecule has 5 heteroatoms. The highest BCUT2D eigenvalue weighted by molar-refractivity contribution is 5.90. The molecule has 0 radical (unpaired) electrons. The molecule has 0 unspecified atom stereocenters. The van der Waals surface area contributed by atoms with E-state index in [0.717, 1.165) is 28.5 Å². The summed E-state index contributed by atoms with van der Waals surface area (Å²) in [6, 6.07) is 19.5. The number of carbonyl (C=O) groups excluding carboxylic acids is 1. The van der Waals surface area contributed by atoms with Crippen molar-refractivity contribution in [3.63, 3.8) is 0 Å². The number of aromatic nitrogens is 2. The fourth-order valence-corrected chi connectivity index (χ4v) is 2.50. The lowest BCUT2D eigenvalue weighted by atomic mass is 10.2. The molecule has 0 spiro atoms. The fourth-order valence-electron chi connectivity index (χ4n) is 2.50. The number of rotatable bonds is 5. The molecule has 0 atom stereocenters. The van der Waals surface area contributed by atoms with Gasteiger partial charge in [-0.3, -0.25) is 9.48 Å². The summed E-state index contributed by atoms with van der Waals surface area (Å²) in [5, 5.41) is 10.5. The molecular formula is C19H20N4O. The second-order valence-electron chi connectivity index (χ2n) is 5.70. The first-order valence-corrected chi connectivity index (χ1v) is 7.83. The molecule has 1 aromatic heterocycles. The Hall–Kier alpha value is -3.08. The standard InChI is InChI=1S/C19H20N4O/c1-14-12-15(2)23(22-14)13-19(24)21-18-10-8-17(9-11-18)20-16-6-4-3-5-7-16/h3-12,20H,13H2,1-2H3,(H,21,24). The number of aryl methyl sites for hydroxylation is 2. The Balaban J connectivity index is 1.59. The first kappa shape index (κ1) is 15.8. The maximum absolute atomic E-state index is 12.1. The Kier molecular flexibility index (Phi) is 4.61. The summed E-state index contributed by atoms with van der Waals surface area (Å²) in [5.41, 5.74) is 4.65. The van der Waals surface area contributed by atoms with E-state index in [4.69, 9.17) is 0 Å². The van der Waals surface area contributed by atoms with Gasteiger partial charge in [-0.25, -0.2) is 0 Å². The van der Waals surface area contributed by atoms with E-state index in [9.17, 15) is 4.79 Å². The number of nitrogens with one attached hydrogen (secondary N) is 2. The van der Waals surface area contributed by atoms with Gasteiger partial charge in [-0.15, -0.1) is 0 Å². The van der Waals surface area contributed by atoms with E-state index >= 15 is 0 Å². The number of anilines is 3. The molecule has 2 N–H and O–H groups in total. The van der Waals surface area contributed by atoms with Crippen LogP contribution < -0.4 is 10.6 Å². The molecule has 5 nitrogen and oxygen atoms in total. The summed E-state index contributed by atoms with van der Waals surface area (Å²) in [4.78, 5) is 12.1. The number of nitrogens with zero attached hydrogens (tertiary/aromatic N) is 2. The van der Waals surface area contributed by atoms with E-state index in [2.05, 4.69) is 15.7 Å². The van der Waals surface area contributed by atoms with Crippen LogP contribution >= 0.6 is 0 Å². The molecule has 3 aromatic rings. The summed E-state index contributed by atoms with van der Waals surface area (Å²) in [6.07, 6.45) is 0. The molecule has 0 saturated heterocycles. The van der Waals surface area contributed by atoms with Crippen molar-refractivity contribution in [2.75, 3.05) is 10.6 Å². The van der Waals surface area contributed by atoms with Crippen LogP contribution in [0.3, 0.4) is 0 Å². The number of benzene rings is 2. The highest BCUT2D eigenvalue weighted by Crippen LogP contribution is 2.18. The Morgan fingerprint density at radius 2 is 1.58 bits per heavy atom. The monoisotopic (exact) mass is 320 g/mol. The van der Waals surface area contributed by atoms with Gasteiger partial charge in [0.1, 0.15) is 6.54 Å². The van der Waals surface area contributed by atoms with Crippen molar-refractivity contribution in [1.82, 2.24) is 9.78 Å². The first-order valence-electron chi connectivity index (χ1n) is 7.83. The van der Waals surface area contributed by atoms with Crippen molar-refractivity contribution < 1.29 is 4.79 Å². The summed E-state index contributed by atoms with van der Waals surface area (Å²) in [5.74, 6) is -0.0926. The number of hydrogen-bond donors (Lipinski definition) is 2. The third kappa shape index (κ3) is 4.01. The smallest absolute Gasteiger partial charge is 0.246 e. The van der Waals surface area contributed by atoms with E-state index in [1.54, 1.807) is 4.68 Å². The Morgan fingerprint density at radius 3 is 2.21 bits per heavy atom. The zero-order chi connectivity index (χ0) is 16.9. The van der Waals surface area contributed by atoms with Crippen LogP contribution in [0.4, 0.5) is 17.1 Å². The third-order valence-corrected chi connectivity index (χ3v) is 3.63. The van der Waals surface area contributed by atoms with Crippen molar-refractivity contribution >= 4 is 23.0 Å². The molecule has 1 heterocycles. The molecule has 0 aliphatic rings. The van der Waals surface area contributed by atoms with Crippen LogP contribution in [0.5, 0.6) is 0 Å². The van der Waals surface area contributed by atoms with Gasteiger partial charge in [0.25, 0.3) is 0 Å². The highest BCUT2D eigenvalue weighted by atomic mass is 16.2. The molecular weight excluding hydrogens is 300 g/mol. The van der Waals surface area contributed by atoms with Gasteiger partial charge in [-0.1, -0.05) is 18.2 Å². The molecule has 2 aromatic carbocycles. The van der Waals surface area contributed by atoms with Crippen LogP contribution in [0.2, 0.25) is 0 Å². The maximum atomic E-state index is 12.1. The average molecular weight is 320 g/mol. The second-order valence-corrected chi connectivity index (χ2v) is 5.70. The second kappa shape index (κ2) is 7.00. The average Bonchev–Trinajstić information content (AvgIpc) is 2.87. The number of amides is 1. The minimum Gasteiger partial charge on any atom is -0.356 e. The van der Waals surface area contributed by atoms with Gasteiger partial charge in [0.05, 0.1) is 5.69 Å². The summed E-state index contributed by atoms with van der Waals surface area (Å²) < 4.78 is 1.70. The van der Waals surface area contributed by atoms with Gasteiger partial charge in [0, 0.05) is 22.8 Å². The third-order valence-electron chi connectivity index (χ3n) is 3.63. The van der Waals surface area contributed by atoms with Crippen molar-refractivity contribution in [2.45, 2.75) is 20.4 Å². The van der Waals surface area contributed by atoms with Gasteiger partial charge in [0.2, 0.25) is 5.91 Å². The first-order chi connectivity index (χ1) is 11.6. The van der Waals surface area contributed by atoms with Crippen LogP contribution in [0.15, 0.2) is 60.7 Å². The van der Waals surface area contributed by atoms with Gasteiger partial charge in [-0.05, 0) is 56.3 Å². The number of hydrogen-bond acceptors (Lipinski definition) is 3. The van der Waals surface area contributed by atoms with Gasteiger partial charge < -0.3 is 10.6 Å². The lowest BCUT2D eigenvalue weighted by Gasteiger charge is -2.09. The predicted molar refractivity (Wildman–Crippen MR) is 96.5 cm³/mol. The molecule has 0 aliphatic heterocycles. The maximum Gasteiger partial charge on any atom is 0.246 e. The van der Waals surface area contributed by atoms with Gasteiger partial charge in [0.15, 0.2) is 0 Å². The lowest BCUT2D eigenvalue weighted by molar-refractivity contribution is -0.116. The van der Waals surface area contributed by atoms with Crippen molar-refractivity contribution in [3.05, 3.63) is 72.1 Å². The van der Waals surface area contributed by atoms with Crippen LogP contribution in [-0.4, -0.2) is 15.7 Å². The SMILES string of the molecule is Cc1cc(C)n(CC(=O)Nc2ccc(Nc3ccccc3)cc2)n1. The Morgan fingerprint density at radius 1 is 0.958 bits per heavy atom. The highest BCUT2D eigenvalue weighted by Gasteiger charge is 2.07. The Labute approximate surface area is 141 Å².